The van der Waals surface area contributed by atoms with Crippen molar-refractivity contribution in [1.82, 2.24) is 0 Å². The van der Waals surface area contributed by atoms with E-state index < -0.39 is 0 Å². The van der Waals surface area contributed by atoms with Crippen molar-refractivity contribution < 1.29 is 0 Å². The monoisotopic (exact) mass is 728 g/mol. The van der Waals surface area contributed by atoms with Gasteiger partial charge in [0.25, 0.3) is 0 Å². The molecule has 10 rings (SSSR count). The molecule has 1 aliphatic rings. The lowest BCUT2D eigenvalue weighted by molar-refractivity contribution is 0.661. The van der Waals surface area contributed by atoms with Crippen LogP contribution in [0.15, 0.2) is 182 Å². The number of fused-ring (bicyclic) bond motifs is 6. The van der Waals surface area contributed by atoms with Crippen molar-refractivity contribution in [3.05, 3.63) is 210 Å². The van der Waals surface area contributed by atoms with Crippen LogP contribution >= 0.6 is 0 Å². The fraction of sp³-hybridized carbons (Fsp3) is 0.0566. The van der Waals surface area contributed by atoms with E-state index in [1.165, 1.54) is 54.6 Å². The van der Waals surface area contributed by atoms with Gasteiger partial charge in [0.2, 0.25) is 0 Å². The van der Waals surface area contributed by atoms with Gasteiger partial charge in [-0.3, -0.25) is 0 Å². The third-order valence-corrected chi connectivity index (χ3v) is 11.6. The minimum atomic E-state index is -0.265. The SMILES string of the molecule is [C-]#[N+]c1ccc(N(c2ccc3c(c2)C(C)(C)c2cc4cc(N(c5ccc(C#N)cc5)c5ccc6ccccc6c5)ccc4cc2-3)c2ccc3ccccc3c2)cc1. The molecule has 0 heterocycles. The summed E-state index contributed by atoms with van der Waals surface area (Å²) in [6, 6.07) is 66.4. The molecule has 0 spiro atoms. The molecule has 4 nitrogen and oxygen atoms in total. The predicted molar refractivity (Wildman–Crippen MR) is 237 cm³/mol. The highest BCUT2D eigenvalue weighted by molar-refractivity contribution is 5.98. The van der Waals surface area contributed by atoms with Crippen molar-refractivity contribution in [3.8, 4) is 17.2 Å². The van der Waals surface area contributed by atoms with E-state index in [0.717, 1.165) is 34.1 Å². The molecule has 0 saturated heterocycles. The number of hydrogen-bond donors (Lipinski definition) is 0. The van der Waals surface area contributed by atoms with E-state index in [4.69, 9.17) is 6.57 Å². The molecule has 0 saturated carbocycles. The van der Waals surface area contributed by atoms with Crippen LogP contribution in [0.25, 0.3) is 48.3 Å². The van der Waals surface area contributed by atoms with E-state index in [1.807, 2.05) is 48.5 Å². The summed E-state index contributed by atoms with van der Waals surface area (Å²) in [5.41, 5.74) is 12.3. The maximum atomic E-state index is 9.55. The van der Waals surface area contributed by atoms with Crippen LogP contribution in [0.2, 0.25) is 0 Å². The molecule has 0 aromatic heterocycles. The average Bonchev–Trinajstić information content (AvgIpc) is 3.47. The van der Waals surface area contributed by atoms with Crippen LogP contribution in [0.5, 0.6) is 0 Å². The highest BCUT2D eigenvalue weighted by atomic mass is 15.1. The Hall–Kier alpha value is -7.66. The van der Waals surface area contributed by atoms with Crippen LogP contribution < -0.4 is 9.80 Å². The Labute approximate surface area is 332 Å². The van der Waals surface area contributed by atoms with E-state index in [9.17, 15) is 5.26 Å². The molecule has 1 aliphatic carbocycles. The lowest BCUT2D eigenvalue weighted by Crippen LogP contribution is -2.16. The molecule has 57 heavy (non-hydrogen) atoms. The van der Waals surface area contributed by atoms with Crippen LogP contribution in [-0.2, 0) is 5.41 Å². The minimum absolute atomic E-state index is 0.265. The zero-order valence-electron chi connectivity index (χ0n) is 31.6. The summed E-state index contributed by atoms with van der Waals surface area (Å²) in [6.45, 7) is 12.2. The molecular formula is C53H36N4. The van der Waals surface area contributed by atoms with Gasteiger partial charge in [0.15, 0.2) is 5.69 Å². The summed E-state index contributed by atoms with van der Waals surface area (Å²) < 4.78 is 0. The number of rotatable bonds is 6. The van der Waals surface area contributed by atoms with Crippen LogP contribution in [0.4, 0.5) is 39.8 Å². The van der Waals surface area contributed by atoms with Gasteiger partial charge in [-0.25, -0.2) is 4.85 Å². The first kappa shape index (κ1) is 33.9. The quantitative estimate of drug-likeness (QED) is 0.160. The Bertz CT molecular complexity index is 3130. The molecule has 9 aromatic rings. The Morgan fingerprint density at radius 2 is 0.877 bits per heavy atom. The van der Waals surface area contributed by atoms with Crippen molar-refractivity contribution in [2.75, 3.05) is 9.80 Å². The molecule has 0 atom stereocenters. The first-order valence-corrected chi connectivity index (χ1v) is 19.2. The Kier molecular flexibility index (Phi) is 7.89. The highest BCUT2D eigenvalue weighted by Crippen LogP contribution is 2.52. The zero-order valence-corrected chi connectivity index (χ0v) is 31.6. The zero-order chi connectivity index (χ0) is 38.7. The third-order valence-electron chi connectivity index (χ3n) is 11.6. The number of nitrogens with zero attached hydrogens (tertiary/aromatic N) is 4. The number of benzene rings is 9. The second kappa shape index (κ2) is 13.3. The van der Waals surface area contributed by atoms with Crippen LogP contribution in [0, 0.1) is 17.9 Å². The summed E-state index contributed by atoms with van der Waals surface area (Å²) >= 11 is 0. The van der Waals surface area contributed by atoms with E-state index in [2.05, 4.69) is 168 Å². The summed E-state index contributed by atoms with van der Waals surface area (Å²) in [6.07, 6.45) is 0. The number of hydrogen-bond acceptors (Lipinski definition) is 3. The fourth-order valence-electron chi connectivity index (χ4n) is 8.62. The molecule has 0 radical (unpaired) electrons. The second-order valence-corrected chi connectivity index (χ2v) is 15.3. The van der Waals surface area contributed by atoms with E-state index in [-0.39, 0.29) is 5.41 Å². The van der Waals surface area contributed by atoms with E-state index in [1.54, 1.807) is 0 Å². The molecule has 0 unspecified atom stereocenters. The normalized spacial score (nSPS) is 12.5. The molecule has 0 fully saturated rings. The summed E-state index contributed by atoms with van der Waals surface area (Å²) in [5, 5.41) is 16.6. The molecule has 0 amide bonds. The van der Waals surface area contributed by atoms with Crippen molar-refractivity contribution in [1.29, 1.82) is 5.26 Å². The third kappa shape index (κ3) is 5.75. The summed E-state index contributed by atoms with van der Waals surface area (Å²) in [4.78, 5) is 8.23. The van der Waals surface area contributed by atoms with Gasteiger partial charge in [0.05, 0.1) is 18.2 Å². The first-order valence-electron chi connectivity index (χ1n) is 19.2. The summed E-state index contributed by atoms with van der Waals surface area (Å²) in [7, 11) is 0. The molecule has 9 aromatic carbocycles. The van der Waals surface area contributed by atoms with Gasteiger partial charge in [-0.05, 0) is 152 Å². The van der Waals surface area contributed by atoms with Crippen LogP contribution in [0.3, 0.4) is 0 Å². The van der Waals surface area contributed by atoms with Gasteiger partial charge in [0, 0.05) is 39.5 Å². The largest absolute Gasteiger partial charge is 0.311 e. The maximum absolute atomic E-state index is 9.55. The van der Waals surface area contributed by atoms with Gasteiger partial charge < -0.3 is 9.80 Å². The van der Waals surface area contributed by atoms with Crippen molar-refractivity contribution >= 4 is 72.1 Å². The van der Waals surface area contributed by atoms with Gasteiger partial charge in [0.1, 0.15) is 0 Å². The standard InChI is InChI=1S/C53H36N4/c1-53(2)51-32-41-30-47(56(43-19-12-35(34-54)13-20-43)45-21-14-36-8-4-6-10-38(36)28-45)23-16-40(41)31-50(51)49-27-26-48(33-52(49)53)57(44-24-17-42(55-3)18-25-44)46-22-15-37-9-5-7-11-39(37)29-46/h4-33H,1-2H3. The van der Waals surface area contributed by atoms with Gasteiger partial charge >= 0.3 is 0 Å². The average molecular weight is 729 g/mol. The van der Waals surface area contributed by atoms with Crippen molar-refractivity contribution in [2.24, 2.45) is 0 Å². The minimum Gasteiger partial charge on any atom is -0.311 e. The molecule has 268 valence electrons. The lowest BCUT2D eigenvalue weighted by Gasteiger charge is -2.28. The van der Waals surface area contributed by atoms with Crippen molar-refractivity contribution in [3.63, 3.8) is 0 Å². The molecular weight excluding hydrogens is 693 g/mol. The highest BCUT2D eigenvalue weighted by Gasteiger charge is 2.36. The molecule has 0 bridgehead atoms. The number of nitriles is 1. The van der Waals surface area contributed by atoms with Crippen LogP contribution in [-0.4, -0.2) is 0 Å². The maximum Gasteiger partial charge on any atom is 0.187 e. The topological polar surface area (TPSA) is 34.6 Å². The Morgan fingerprint density at radius 1 is 0.439 bits per heavy atom. The fourth-order valence-corrected chi connectivity index (χ4v) is 8.62. The molecule has 0 aliphatic heterocycles. The first-order chi connectivity index (χ1) is 27.9. The van der Waals surface area contributed by atoms with Crippen molar-refractivity contribution in [2.45, 2.75) is 19.3 Å². The molecule has 0 N–H and O–H groups in total. The number of anilines is 6. The van der Waals surface area contributed by atoms with Gasteiger partial charge in [-0.2, -0.15) is 5.26 Å². The van der Waals surface area contributed by atoms with Gasteiger partial charge in [-0.1, -0.05) is 98.8 Å². The Morgan fingerprint density at radius 3 is 1.44 bits per heavy atom. The predicted octanol–water partition coefficient (Wildman–Crippen LogP) is 14.8. The van der Waals surface area contributed by atoms with E-state index >= 15 is 0 Å². The van der Waals surface area contributed by atoms with Gasteiger partial charge in [-0.15, -0.1) is 0 Å². The second-order valence-electron chi connectivity index (χ2n) is 15.3. The smallest absolute Gasteiger partial charge is 0.187 e. The lowest BCUT2D eigenvalue weighted by atomic mass is 9.81. The summed E-state index contributed by atoms with van der Waals surface area (Å²) in [5.74, 6) is 0. The van der Waals surface area contributed by atoms with Crippen LogP contribution in [0.1, 0.15) is 30.5 Å². The Balaban J connectivity index is 1.08. The van der Waals surface area contributed by atoms with E-state index in [0.29, 0.717) is 11.3 Å². The molecule has 4 heteroatoms.